The topological polar surface area (TPSA) is 166 Å². The predicted octanol–water partition coefficient (Wildman–Crippen LogP) is 5.09. The van der Waals surface area contributed by atoms with Crippen molar-refractivity contribution < 1.29 is 30.8 Å². The van der Waals surface area contributed by atoms with Crippen LogP contribution in [0.2, 0.25) is 0 Å². The summed E-state index contributed by atoms with van der Waals surface area (Å²) in [7, 11) is -9.50. The molecule has 10 nitrogen and oxygen atoms in total. The molecule has 5 rings (SSSR count). The minimum Gasteiger partial charge on any atom is -0.369 e. The first-order valence-corrected chi connectivity index (χ1v) is 17.8. The van der Waals surface area contributed by atoms with Crippen molar-refractivity contribution in [2.75, 3.05) is 0 Å². The number of hydrogen-bond donors (Lipinski definition) is 2. The summed E-state index contributed by atoms with van der Waals surface area (Å²) in [5.41, 5.74) is 7.25. The van der Waals surface area contributed by atoms with Gasteiger partial charge in [-0.25, -0.2) is 25.9 Å². The molecule has 0 saturated carbocycles. The molecule has 0 aliphatic heterocycles. The Morgan fingerprint density at radius 1 is 0.745 bits per heavy atom. The lowest BCUT2D eigenvalue weighted by atomic mass is 9.80. The summed E-state index contributed by atoms with van der Waals surface area (Å²) in [6.07, 6.45) is 2.12. The zero-order valence-electron chi connectivity index (χ0n) is 26.0. The molecule has 0 aliphatic rings. The second-order valence-electron chi connectivity index (χ2n) is 11.9. The standard InChI is InChI=1S/C34H33FN4O6S2/c1-19(2)26-15-23(35)16-27(20(3)4)30(26)31(34(41)39-47(44,45)25-14-22-10-6-8-12-29(22)38-18-25)32(33(36)40)46(42,43)24-13-21-9-5-7-11-28(21)37-17-24/h5-20,31-32H,1-4H3,(H2,36,40)(H,39,41). The maximum atomic E-state index is 15.0. The predicted molar refractivity (Wildman–Crippen MR) is 176 cm³/mol. The monoisotopic (exact) mass is 676 g/mol. The normalized spacial score (nSPS) is 13.6. The van der Waals surface area contributed by atoms with Crippen molar-refractivity contribution in [3.05, 3.63) is 108 Å². The van der Waals surface area contributed by atoms with Crippen molar-refractivity contribution in [2.24, 2.45) is 5.73 Å². The SMILES string of the molecule is CC(C)c1cc(F)cc(C(C)C)c1C(C(=O)NS(=O)(=O)c1cnc2ccccc2c1)C(C(N)=O)S(=O)(=O)c1cnc2ccccc2c1. The van der Waals surface area contributed by atoms with Gasteiger partial charge in [0.05, 0.1) is 21.8 Å². The average Bonchev–Trinajstić information content (AvgIpc) is 3.02. The maximum Gasteiger partial charge on any atom is 0.265 e. The lowest BCUT2D eigenvalue weighted by molar-refractivity contribution is -0.125. The molecule has 2 heterocycles. The lowest BCUT2D eigenvalue weighted by Crippen LogP contribution is -2.48. The molecule has 5 aromatic rings. The van der Waals surface area contributed by atoms with E-state index in [0.717, 1.165) is 24.5 Å². The van der Waals surface area contributed by atoms with Crippen LogP contribution in [0, 0.1) is 5.82 Å². The average molecular weight is 677 g/mol. The Balaban J connectivity index is 1.74. The van der Waals surface area contributed by atoms with Gasteiger partial charge in [-0.1, -0.05) is 64.1 Å². The Bertz CT molecular complexity index is 2230. The molecule has 3 aromatic carbocycles. The van der Waals surface area contributed by atoms with E-state index in [2.05, 4.69) is 9.97 Å². The van der Waals surface area contributed by atoms with Crippen LogP contribution in [0.4, 0.5) is 4.39 Å². The Morgan fingerprint density at radius 2 is 1.21 bits per heavy atom. The van der Waals surface area contributed by atoms with Crippen molar-refractivity contribution in [1.82, 2.24) is 14.7 Å². The number of carbonyl (C=O) groups is 2. The Hall–Kier alpha value is -4.75. The number of sulfone groups is 1. The second kappa shape index (κ2) is 12.8. The number of rotatable bonds is 10. The third-order valence-corrected chi connectivity index (χ3v) is 11.3. The van der Waals surface area contributed by atoms with Crippen molar-refractivity contribution >= 4 is 53.5 Å². The molecule has 3 N–H and O–H groups in total. The number of pyridine rings is 2. The molecule has 2 atom stereocenters. The van der Waals surface area contributed by atoms with E-state index >= 15 is 0 Å². The molecule has 244 valence electrons. The molecule has 0 radical (unpaired) electrons. The van der Waals surface area contributed by atoms with E-state index in [-0.39, 0.29) is 21.6 Å². The molecular weight excluding hydrogens is 644 g/mol. The summed E-state index contributed by atoms with van der Waals surface area (Å²) in [5.74, 6) is -6.36. The van der Waals surface area contributed by atoms with Crippen LogP contribution < -0.4 is 10.5 Å². The first kappa shape index (κ1) is 33.6. The van der Waals surface area contributed by atoms with Crippen molar-refractivity contribution in [2.45, 2.75) is 60.5 Å². The second-order valence-corrected chi connectivity index (χ2v) is 15.6. The summed E-state index contributed by atoms with van der Waals surface area (Å²) in [5, 5.41) is -1.39. The number of carbonyl (C=O) groups excluding carboxylic acids is 2. The third kappa shape index (κ3) is 6.58. The number of halogens is 1. The molecular formula is C34H33FN4O6S2. The number of benzene rings is 3. The molecule has 2 unspecified atom stereocenters. The fourth-order valence-corrected chi connectivity index (χ4v) is 8.39. The van der Waals surface area contributed by atoms with Crippen LogP contribution in [0.1, 0.15) is 62.1 Å². The van der Waals surface area contributed by atoms with Gasteiger partial charge in [-0.15, -0.1) is 0 Å². The number of nitrogens with one attached hydrogen (secondary N) is 1. The smallest absolute Gasteiger partial charge is 0.265 e. The van der Waals surface area contributed by atoms with Gasteiger partial charge < -0.3 is 5.73 Å². The number of amides is 2. The minimum absolute atomic E-state index is 0.00172. The van der Waals surface area contributed by atoms with Crippen LogP contribution in [-0.2, 0) is 29.4 Å². The number of nitrogens with two attached hydrogens (primary N) is 1. The summed E-state index contributed by atoms with van der Waals surface area (Å²) in [6.45, 7) is 6.82. The van der Waals surface area contributed by atoms with Gasteiger partial charge in [0.25, 0.3) is 10.0 Å². The number of fused-ring (bicyclic) bond motifs is 2. The quantitative estimate of drug-likeness (QED) is 0.207. The van der Waals surface area contributed by atoms with E-state index < -0.39 is 65.4 Å². The number of hydrogen-bond acceptors (Lipinski definition) is 8. The first-order chi connectivity index (χ1) is 22.1. The third-order valence-electron chi connectivity index (χ3n) is 7.97. The zero-order chi connectivity index (χ0) is 34.3. The highest BCUT2D eigenvalue weighted by molar-refractivity contribution is 7.93. The molecule has 13 heteroatoms. The highest BCUT2D eigenvalue weighted by Crippen LogP contribution is 2.40. The van der Waals surface area contributed by atoms with E-state index in [1.54, 1.807) is 76.2 Å². The van der Waals surface area contributed by atoms with Gasteiger partial charge in [-0.3, -0.25) is 19.6 Å². The molecule has 47 heavy (non-hydrogen) atoms. The van der Waals surface area contributed by atoms with E-state index in [1.807, 2.05) is 4.72 Å². The van der Waals surface area contributed by atoms with Gasteiger partial charge in [0, 0.05) is 23.2 Å². The molecule has 0 bridgehead atoms. The Labute approximate surface area is 272 Å². The number of sulfonamides is 1. The van der Waals surface area contributed by atoms with Gasteiger partial charge in [-0.05, 0) is 64.9 Å². The number of para-hydroxylation sites is 2. The van der Waals surface area contributed by atoms with E-state index in [1.165, 1.54) is 12.1 Å². The van der Waals surface area contributed by atoms with Crippen LogP contribution in [-0.4, -0.2) is 43.9 Å². The molecule has 2 amide bonds. The number of aromatic nitrogens is 2. The van der Waals surface area contributed by atoms with Crippen molar-refractivity contribution in [1.29, 1.82) is 0 Å². The Morgan fingerprint density at radius 3 is 1.70 bits per heavy atom. The molecule has 0 spiro atoms. The largest absolute Gasteiger partial charge is 0.369 e. The van der Waals surface area contributed by atoms with E-state index in [9.17, 15) is 30.8 Å². The van der Waals surface area contributed by atoms with Gasteiger partial charge in [0.2, 0.25) is 11.8 Å². The summed E-state index contributed by atoms with van der Waals surface area (Å²) in [6, 6.07) is 18.3. The number of primary amides is 1. The molecule has 0 aliphatic carbocycles. The van der Waals surface area contributed by atoms with Gasteiger partial charge in [-0.2, -0.15) is 0 Å². The van der Waals surface area contributed by atoms with Crippen LogP contribution in [0.25, 0.3) is 21.8 Å². The highest BCUT2D eigenvalue weighted by Gasteiger charge is 2.47. The summed E-state index contributed by atoms with van der Waals surface area (Å²) >= 11 is 0. The zero-order valence-corrected chi connectivity index (χ0v) is 27.6. The Kier molecular flexibility index (Phi) is 9.15. The maximum absolute atomic E-state index is 15.0. The van der Waals surface area contributed by atoms with Crippen LogP contribution in [0.3, 0.4) is 0 Å². The van der Waals surface area contributed by atoms with Gasteiger partial charge in [0.1, 0.15) is 10.7 Å². The van der Waals surface area contributed by atoms with Gasteiger partial charge >= 0.3 is 0 Å². The molecule has 0 saturated heterocycles. The molecule has 2 aromatic heterocycles. The van der Waals surface area contributed by atoms with Crippen molar-refractivity contribution in [3.63, 3.8) is 0 Å². The van der Waals surface area contributed by atoms with E-state index in [4.69, 9.17) is 5.73 Å². The fraction of sp³-hybridized carbons (Fsp3) is 0.235. The van der Waals surface area contributed by atoms with E-state index in [0.29, 0.717) is 21.8 Å². The molecule has 0 fully saturated rings. The summed E-state index contributed by atoms with van der Waals surface area (Å²) in [4.78, 5) is 35.3. The van der Waals surface area contributed by atoms with Crippen molar-refractivity contribution in [3.8, 4) is 0 Å². The van der Waals surface area contributed by atoms with Crippen LogP contribution >= 0.6 is 0 Å². The van der Waals surface area contributed by atoms with Gasteiger partial charge in [0.15, 0.2) is 15.1 Å². The van der Waals surface area contributed by atoms with Crippen LogP contribution in [0.5, 0.6) is 0 Å². The lowest BCUT2D eigenvalue weighted by Gasteiger charge is -2.30. The fourth-order valence-electron chi connectivity index (χ4n) is 5.70. The highest BCUT2D eigenvalue weighted by atomic mass is 32.2. The first-order valence-electron chi connectivity index (χ1n) is 14.7. The number of nitrogens with zero attached hydrogens (tertiary/aromatic N) is 2. The van der Waals surface area contributed by atoms with Crippen LogP contribution in [0.15, 0.2) is 95.0 Å². The summed E-state index contributed by atoms with van der Waals surface area (Å²) < 4.78 is 73.1. The minimum atomic E-state index is -4.83.